The quantitative estimate of drug-likeness (QED) is 0.896. The van der Waals surface area contributed by atoms with Gasteiger partial charge in [-0.3, -0.25) is 0 Å². The summed E-state index contributed by atoms with van der Waals surface area (Å²) in [6.45, 7) is 4.02. The molecule has 3 heteroatoms. The van der Waals surface area contributed by atoms with Gasteiger partial charge in [0.05, 0.1) is 12.3 Å². The summed E-state index contributed by atoms with van der Waals surface area (Å²) in [6, 6.07) is 5.07. The van der Waals surface area contributed by atoms with Crippen LogP contribution < -0.4 is 4.90 Å². The molecule has 0 aromatic heterocycles. The smallest absolute Gasteiger partial charge is 0.146 e. The first kappa shape index (κ1) is 14.3. The Kier molecular flexibility index (Phi) is 5.20. The SMILES string of the molecule is CCCC1CCCN(c2ccc(CO)cc2F)CC1. The molecular formula is C16H24FNO. The summed E-state index contributed by atoms with van der Waals surface area (Å²) < 4.78 is 14.0. The van der Waals surface area contributed by atoms with Crippen molar-refractivity contribution in [3.8, 4) is 0 Å². The highest BCUT2D eigenvalue weighted by Crippen LogP contribution is 2.27. The van der Waals surface area contributed by atoms with E-state index >= 15 is 0 Å². The van der Waals surface area contributed by atoms with Gasteiger partial charge >= 0.3 is 0 Å². The van der Waals surface area contributed by atoms with E-state index in [-0.39, 0.29) is 12.4 Å². The first-order valence-corrected chi connectivity index (χ1v) is 7.38. The Balaban J connectivity index is 2.05. The molecule has 1 saturated heterocycles. The highest BCUT2D eigenvalue weighted by atomic mass is 19.1. The Morgan fingerprint density at radius 3 is 2.84 bits per heavy atom. The molecule has 1 heterocycles. The topological polar surface area (TPSA) is 23.5 Å². The van der Waals surface area contributed by atoms with Crippen LogP contribution in [-0.2, 0) is 6.61 Å². The van der Waals surface area contributed by atoms with E-state index in [1.165, 1.54) is 25.3 Å². The third-order valence-corrected chi connectivity index (χ3v) is 4.08. The molecule has 0 aliphatic carbocycles. The fourth-order valence-corrected chi connectivity index (χ4v) is 3.01. The molecule has 0 saturated carbocycles. The lowest BCUT2D eigenvalue weighted by atomic mass is 9.96. The molecule has 1 N–H and O–H groups in total. The van der Waals surface area contributed by atoms with E-state index in [1.54, 1.807) is 6.07 Å². The minimum absolute atomic E-state index is 0.101. The molecule has 106 valence electrons. The van der Waals surface area contributed by atoms with Gasteiger partial charge in [0, 0.05) is 13.1 Å². The summed E-state index contributed by atoms with van der Waals surface area (Å²) in [6.07, 6.45) is 6.10. The highest BCUT2D eigenvalue weighted by Gasteiger charge is 2.18. The van der Waals surface area contributed by atoms with Crippen LogP contribution in [0.5, 0.6) is 0 Å². The van der Waals surface area contributed by atoms with Gasteiger partial charge in [0.2, 0.25) is 0 Å². The number of halogens is 1. The summed E-state index contributed by atoms with van der Waals surface area (Å²) in [5, 5.41) is 9.02. The second-order valence-corrected chi connectivity index (χ2v) is 5.52. The van der Waals surface area contributed by atoms with Crippen LogP contribution >= 0.6 is 0 Å². The van der Waals surface area contributed by atoms with E-state index in [1.807, 2.05) is 6.07 Å². The maximum atomic E-state index is 14.0. The van der Waals surface area contributed by atoms with Crippen molar-refractivity contribution in [3.63, 3.8) is 0 Å². The fourth-order valence-electron chi connectivity index (χ4n) is 3.01. The molecule has 1 aromatic rings. The van der Waals surface area contributed by atoms with Crippen molar-refractivity contribution in [3.05, 3.63) is 29.6 Å². The molecule has 1 atom stereocenters. The summed E-state index contributed by atoms with van der Waals surface area (Å²) in [7, 11) is 0. The molecule has 1 aliphatic rings. The standard InChI is InChI=1S/C16H24FNO/c1-2-4-13-5-3-9-18(10-8-13)16-7-6-14(12-19)11-15(16)17/h6-7,11,13,19H,2-5,8-10,12H2,1H3. The molecule has 0 bridgehead atoms. The lowest BCUT2D eigenvalue weighted by Gasteiger charge is -2.23. The van der Waals surface area contributed by atoms with Gasteiger partial charge < -0.3 is 10.0 Å². The number of rotatable bonds is 4. The first-order chi connectivity index (χ1) is 9.24. The number of hydrogen-bond acceptors (Lipinski definition) is 2. The van der Waals surface area contributed by atoms with E-state index in [4.69, 9.17) is 5.11 Å². The fraction of sp³-hybridized carbons (Fsp3) is 0.625. The second-order valence-electron chi connectivity index (χ2n) is 5.52. The number of aliphatic hydroxyl groups is 1. The van der Waals surface area contributed by atoms with Crippen LogP contribution in [0.2, 0.25) is 0 Å². The molecule has 0 amide bonds. The van der Waals surface area contributed by atoms with E-state index in [0.29, 0.717) is 11.3 Å². The van der Waals surface area contributed by atoms with Crippen molar-refractivity contribution in [2.24, 2.45) is 5.92 Å². The zero-order valence-electron chi connectivity index (χ0n) is 11.7. The van der Waals surface area contributed by atoms with Gasteiger partial charge in [0.25, 0.3) is 0 Å². The van der Waals surface area contributed by atoms with Gasteiger partial charge in [-0.05, 0) is 42.9 Å². The molecule has 2 rings (SSSR count). The molecule has 1 aromatic carbocycles. The Bertz CT molecular complexity index is 408. The minimum atomic E-state index is -0.208. The molecule has 0 radical (unpaired) electrons. The molecule has 0 spiro atoms. The van der Waals surface area contributed by atoms with Crippen LogP contribution in [0.1, 0.15) is 44.6 Å². The van der Waals surface area contributed by atoms with Crippen LogP contribution in [0.25, 0.3) is 0 Å². The molecule has 1 unspecified atom stereocenters. The predicted molar refractivity (Wildman–Crippen MR) is 76.8 cm³/mol. The largest absolute Gasteiger partial charge is 0.392 e. The zero-order chi connectivity index (χ0) is 13.7. The summed E-state index contributed by atoms with van der Waals surface area (Å²) in [5.74, 6) is 0.593. The highest BCUT2D eigenvalue weighted by molar-refractivity contribution is 5.49. The monoisotopic (exact) mass is 265 g/mol. The van der Waals surface area contributed by atoms with E-state index in [2.05, 4.69) is 11.8 Å². The van der Waals surface area contributed by atoms with Crippen molar-refractivity contribution in [1.29, 1.82) is 0 Å². The van der Waals surface area contributed by atoms with Crippen molar-refractivity contribution >= 4 is 5.69 Å². The average molecular weight is 265 g/mol. The van der Waals surface area contributed by atoms with Crippen LogP contribution in [0, 0.1) is 11.7 Å². The first-order valence-electron chi connectivity index (χ1n) is 7.38. The molecule has 19 heavy (non-hydrogen) atoms. The average Bonchev–Trinajstić information content (AvgIpc) is 2.65. The van der Waals surface area contributed by atoms with Gasteiger partial charge in [-0.2, -0.15) is 0 Å². The number of nitrogens with zero attached hydrogens (tertiary/aromatic N) is 1. The van der Waals surface area contributed by atoms with Crippen LogP contribution in [0.4, 0.5) is 10.1 Å². The van der Waals surface area contributed by atoms with Crippen LogP contribution in [-0.4, -0.2) is 18.2 Å². The van der Waals surface area contributed by atoms with Crippen molar-refractivity contribution < 1.29 is 9.50 Å². The number of anilines is 1. The van der Waals surface area contributed by atoms with Gasteiger partial charge in [0.1, 0.15) is 5.82 Å². The summed E-state index contributed by atoms with van der Waals surface area (Å²) in [5.41, 5.74) is 1.33. The second kappa shape index (κ2) is 6.90. The summed E-state index contributed by atoms with van der Waals surface area (Å²) in [4.78, 5) is 2.16. The third kappa shape index (κ3) is 3.69. The van der Waals surface area contributed by atoms with Crippen LogP contribution in [0.15, 0.2) is 18.2 Å². The van der Waals surface area contributed by atoms with Crippen molar-refractivity contribution in [1.82, 2.24) is 0 Å². The molecular weight excluding hydrogens is 241 g/mol. The number of benzene rings is 1. The van der Waals surface area contributed by atoms with E-state index in [0.717, 1.165) is 31.8 Å². The van der Waals surface area contributed by atoms with Gasteiger partial charge in [-0.1, -0.05) is 25.8 Å². The van der Waals surface area contributed by atoms with Crippen LogP contribution in [0.3, 0.4) is 0 Å². The van der Waals surface area contributed by atoms with Gasteiger partial charge in [0.15, 0.2) is 0 Å². The Labute approximate surface area is 115 Å². The molecule has 1 fully saturated rings. The molecule has 2 nitrogen and oxygen atoms in total. The van der Waals surface area contributed by atoms with E-state index < -0.39 is 0 Å². The molecule has 1 aliphatic heterocycles. The minimum Gasteiger partial charge on any atom is -0.392 e. The Morgan fingerprint density at radius 1 is 1.32 bits per heavy atom. The normalized spacial score (nSPS) is 20.4. The predicted octanol–water partition coefficient (Wildman–Crippen LogP) is 3.72. The number of aliphatic hydroxyl groups excluding tert-OH is 1. The van der Waals surface area contributed by atoms with Gasteiger partial charge in [-0.15, -0.1) is 0 Å². The van der Waals surface area contributed by atoms with Crippen molar-refractivity contribution in [2.75, 3.05) is 18.0 Å². The maximum Gasteiger partial charge on any atom is 0.146 e. The van der Waals surface area contributed by atoms with Crippen molar-refractivity contribution in [2.45, 2.75) is 45.6 Å². The maximum absolute atomic E-state index is 14.0. The van der Waals surface area contributed by atoms with E-state index in [9.17, 15) is 4.39 Å². The zero-order valence-corrected chi connectivity index (χ0v) is 11.7. The Morgan fingerprint density at radius 2 is 2.16 bits per heavy atom. The Hall–Kier alpha value is -1.09. The summed E-state index contributed by atoms with van der Waals surface area (Å²) >= 11 is 0. The lowest BCUT2D eigenvalue weighted by molar-refractivity contribution is 0.281. The number of hydrogen-bond donors (Lipinski definition) is 1. The van der Waals surface area contributed by atoms with Gasteiger partial charge in [-0.25, -0.2) is 4.39 Å². The lowest BCUT2D eigenvalue weighted by Crippen LogP contribution is -2.25. The third-order valence-electron chi connectivity index (χ3n) is 4.08.